The van der Waals surface area contributed by atoms with Crippen LogP contribution in [0.5, 0.6) is 0 Å². The lowest BCUT2D eigenvalue weighted by molar-refractivity contribution is 0.197. The van der Waals surface area contributed by atoms with Crippen molar-refractivity contribution in [1.29, 1.82) is 0 Å². The summed E-state index contributed by atoms with van der Waals surface area (Å²) in [6.45, 7) is 3.35. The van der Waals surface area contributed by atoms with E-state index in [1.165, 1.54) is 68.4 Å². The summed E-state index contributed by atoms with van der Waals surface area (Å²) in [5, 5.41) is 14.9. The molecule has 1 aliphatic carbocycles. The summed E-state index contributed by atoms with van der Waals surface area (Å²) in [7, 11) is 0. The van der Waals surface area contributed by atoms with Crippen LogP contribution in [0, 0.1) is 0 Å². The fourth-order valence-corrected chi connectivity index (χ4v) is 4.38. The van der Waals surface area contributed by atoms with Gasteiger partial charge in [0.1, 0.15) is 0 Å². The van der Waals surface area contributed by atoms with Gasteiger partial charge in [0, 0.05) is 48.1 Å². The standard InChI is InChI=1S/C18H27N5/c1-2-5-14(6-3-1)18-16(11-20-22-18)13-23-10-4-7-15(12-23)17-8-9-19-21-17/h8-9,11,14-15H,1-7,10,12-13H2,(H,19,21)(H,20,22)/t15-/m1/s1. The second-order valence-corrected chi connectivity index (χ2v) is 7.23. The Morgan fingerprint density at radius 1 is 1.00 bits per heavy atom. The lowest BCUT2D eigenvalue weighted by atomic mass is 9.85. The van der Waals surface area contributed by atoms with Crippen LogP contribution in [0.3, 0.4) is 0 Å². The zero-order chi connectivity index (χ0) is 15.5. The normalized spacial score (nSPS) is 24.1. The molecule has 0 radical (unpaired) electrons. The third kappa shape index (κ3) is 3.34. The van der Waals surface area contributed by atoms with Gasteiger partial charge in [0.05, 0.1) is 6.20 Å². The molecule has 5 nitrogen and oxygen atoms in total. The van der Waals surface area contributed by atoms with Gasteiger partial charge in [-0.25, -0.2) is 0 Å². The molecular formula is C18H27N5. The molecule has 0 spiro atoms. The van der Waals surface area contributed by atoms with E-state index in [1.54, 1.807) is 0 Å². The van der Waals surface area contributed by atoms with Crippen LogP contribution in [0.15, 0.2) is 18.5 Å². The van der Waals surface area contributed by atoms with Crippen molar-refractivity contribution in [3.63, 3.8) is 0 Å². The second kappa shape index (κ2) is 6.87. The quantitative estimate of drug-likeness (QED) is 0.907. The maximum absolute atomic E-state index is 4.36. The minimum absolute atomic E-state index is 0.594. The number of H-pyrrole nitrogens is 2. The highest BCUT2D eigenvalue weighted by molar-refractivity contribution is 5.21. The molecule has 0 bridgehead atoms. The molecule has 3 heterocycles. The van der Waals surface area contributed by atoms with E-state index < -0.39 is 0 Å². The van der Waals surface area contributed by atoms with Gasteiger partial charge in [-0.1, -0.05) is 19.3 Å². The minimum atomic E-state index is 0.594. The number of aromatic amines is 2. The van der Waals surface area contributed by atoms with Crippen molar-refractivity contribution in [1.82, 2.24) is 25.3 Å². The Hall–Kier alpha value is -1.62. The van der Waals surface area contributed by atoms with Crippen molar-refractivity contribution in [3.8, 4) is 0 Å². The first-order valence-corrected chi connectivity index (χ1v) is 9.14. The van der Waals surface area contributed by atoms with Crippen LogP contribution in [-0.2, 0) is 6.54 Å². The Morgan fingerprint density at radius 3 is 2.70 bits per heavy atom. The summed E-state index contributed by atoms with van der Waals surface area (Å²) < 4.78 is 0. The molecule has 0 unspecified atom stereocenters. The summed E-state index contributed by atoms with van der Waals surface area (Å²) in [4.78, 5) is 2.59. The molecule has 0 aromatic carbocycles. The van der Waals surface area contributed by atoms with Gasteiger partial charge in [-0.15, -0.1) is 0 Å². The van der Waals surface area contributed by atoms with Gasteiger partial charge in [0.15, 0.2) is 0 Å². The topological polar surface area (TPSA) is 60.6 Å². The van der Waals surface area contributed by atoms with Crippen molar-refractivity contribution in [2.45, 2.75) is 63.3 Å². The van der Waals surface area contributed by atoms with Crippen molar-refractivity contribution >= 4 is 0 Å². The maximum Gasteiger partial charge on any atom is 0.0535 e. The summed E-state index contributed by atoms with van der Waals surface area (Å²) in [5.41, 5.74) is 4.12. The molecule has 2 aromatic rings. The number of nitrogens with one attached hydrogen (secondary N) is 2. The van der Waals surface area contributed by atoms with Gasteiger partial charge in [-0.05, 0) is 38.3 Å². The third-order valence-electron chi connectivity index (χ3n) is 5.63. The van der Waals surface area contributed by atoms with Gasteiger partial charge in [0.2, 0.25) is 0 Å². The minimum Gasteiger partial charge on any atom is -0.298 e. The predicted octanol–water partition coefficient (Wildman–Crippen LogP) is 3.56. The Kier molecular flexibility index (Phi) is 4.46. The molecule has 1 aliphatic heterocycles. The number of rotatable bonds is 4. The molecule has 124 valence electrons. The van der Waals surface area contributed by atoms with Crippen LogP contribution < -0.4 is 0 Å². The zero-order valence-electron chi connectivity index (χ0n) is 13.8. The summed E-state index contributed by atoms with van der Waals surface area (Å²) in [6, 6.07) is 2.12. The molecule has 5 heteroatoms. The van der Waals surface area contributed by atoms with E-state index in [1.807, 2.05) is 6.20 Å². The Balaban J connectivity index is 1.43. The Bertz CT molecular complexity index is 597. The van der Waals surface area contributed by atoms with Crippen LogP contribution in [0.4, 0.5) is 0 Å². The lowest BCUT2D eigenvalue weighted by Crippen LogP contribution is -2.34. The van der Waals surface area contributed by atoms with Crippen LogP contribution in [0.25, 0.3) is 0 Å². The molecule has 1 atom stereocenters. The molecule has 1 saturated carbocycles. The van der Waals surface area contributed by atoms with Crippen molar-refractivity contribution in [2.24, 2.45) is 0 Å². The largest absolute Gasteiger partial charge is 0.298 e. The number of hydrogen-bond acceptors (Lipinski definition) is 3. The highest BCUT2D eigenvalue weighted by Crippen LogP contribution is 2.34. The van der Waals surface area contributed by atoms with E-state index in [-0.39, 0.29) is 0 Å². The van der Waals surface area contributed by atoms with E-state index in [2.05, 4.69) is 37.6 Å². The molecule has 23 heavy (non-hydrogen) atoms. The number of nitrogens with zero attached hydrogens (tertiary/aromatic N) is 3. The first-order chi connectivity index (χ1) is 11.4. The monoisotopic (exact) mass is 313 g/mol. The van der Waals surface area contributed by atoms with Crippen molar-refractivity contribution in [2.75, 3.05) is 13.1 Å². The molecule has 1 saturated heterocycles. The Labute approximate surface area is 137 Å². The summed E-state index contributed by atoms with van der Waals surface area (Å²) in [6.07, 6.45) is 13.2. The first-order valence-electron chi connectivity index (χ1n) is 9.14. The third-order valence-corrected chi connectivity index (χ3v) is 5.63. The van der Waals surface area contributed by atoms with Crippen LogP contribution >= 0.6 is 0 Å². The number of piperidine rings is 1. The molecule has 0 amide bonds. The molecule has 2 N–H and O–H groups in total. The SMILES string of the molecule is c1cc([C@@H]2CCCN(Cc3cn[nH]c3C3CCCCC3)C2)[nH]n1. The number of hydrogen-bond donors (Lipinski definition) is 2. The zero-order valence-corrected chi connectivity index (χ0v) is 13.8. The first kappa shape index (κ1) is 14.9. The summed E-state index contributed by atoms with van der Waals surface area (Å²) >= 11 is 0. The van der Waals surface area contributed by atoms with Gasteiger partial charge >= 0.3 is 0 Å². The molecule has 2 aliphatic rings. The Morgan fingerprint density at radius 2 is 1.87 bits per heavy atom. The summed E-state index contributed by atoms with van der Waals surface area (Å²) in [5.74, 6) is 1.30. The molecule has 2 fully saturated rings. The smallest absolute Gasteiger partial charge is 0.0535 e. The van der Waals surface area contributed by atoms with E-state index in [4.69, 9.17) is 0 Å². The fourth-order valence-electron chi connectivity index (χ4n) is 4.38. The average Bonchev–Trinajstić information content (AvgIpc) is 3.28. The van der Waals surface area contributed by atoms with E-state index in [0.717, 1.165) is 13.1 Å². The molecule has 4 rings (SSSR count). The van der Waals surface area contributed by atoms with Crippen molar-refractivity contribution in [3.05, 3.63) is 35.4 Å². The van der Waals surface area contributed by atoms with Gasteiger partial charge < -0.3 is 0 Å². The predicted molar refractivity (Wildman–Crippen MR) is 90.3 cm³/mol. The maximum atomic E-state index is 4.36. The van der Waals surface area contributed by atoms with Crippen molar-refractivity contribution < 1.29 is 0 Å². The van der Waals surface area contributed by atoms with Gasteiger partial charge in [0.25, 0.3) is 0 Å². The highest BCUT2D eigenvalue weighted by Gasteiger charge is 2.25. The van der Waals surface area contributed by atoms with E-state index >= 15 is 0 Å². The second-order valence-electron chi connectivity index (χ2n) is 7.23. The number of aromatic nitrogens is 4. The average molecular weight is 313 g/mol. The van der Waals surface area contributed by atoms with E-state index in [9.17, 15) is 0 Å². The molecule has 2 aromatic heterocycles. The fraction of sp³-hybridized carbons (Fsp3) is 0.667. The van der Waals surface area contributed by atoms with Gasteiger partial charge in [-0.3, -0.25) is 15.1 Å². The van der Waals surface area contributed by atoms with Crippen LogP contribution in [0.2, 0.25) is 0 Å². The lowest BCUT2D eigenvalue weighted by Gasteiger charge is -2.32. The van der Waals surface area contributed by atoms with Gasteiger partial charge in [-0.2, -0.15) is 10.2 Å². The number of likely N-dealkylation sites (tertiary alicyclic amines) is 1. The van der Waals surface area contributed by atoms with Crippen LogP contribution in [-0.4, -0.2) is 38.4 Å². The van der Waals surface area contributed by atoms with E-state index in [0.29, 0.717) is 11.8 Å². The van der Waals surface area contributed by atoms with Crippen LogP contribution in [0.1, 0.15) is 73.7 Å². The molecular weight excluding hydrogens is 286 g/mol. The highest BCUT2D eigenvalue weighted by atomic mass is 15.2.